The number of methoxy groups -OCH3 is 1. The largest absolute Gasteiger partial charge is 0.508 e. The molecule has 32 heavy (non-hydrogen) atoms. The summed E-state index contributed by atoms with van der Waals surface area (Å²) in [5, 5.41) is 19.4. The number of carbonyl (C=O) groups is 3. The van der Waals surface area contributed by atoms with Crippen molar-refractivity contribution in [1.82, 2.24) is 4.90 Å². The van der Waals surface area contributed by atoms with E-state index in [0.717, 1.165) is 35.8 Å². The Morgan fingerprint density at radius 3 is 2.59 bits per heavy atom. The van der Waals surface area contributed by atoms with Gasteiger partial charge in [0.1, 0.15) is 5.75 Å². The van der Waals surface area contributed by atoms with Gasteiger partial charge in [-0.3, -0.25) is 9.59 Å². The summed E-state index contributed by atoms with van der Waals surface area (Å²) in [6.45, 7) is 2.08. The summed E-state index contributed by atoms with van der Waals surface area (Å²) in [7, 11) is 1.14. The molecule has 0 radical (unpaired) electrons. The SMILES string of the molecule is COC(=O)N1C(=O)[C@@H]2[C@@H](CC(CO)=C3[C@@H](CC/C(C)=C/c4ccc(O)cc4)OC[C@@H]32)C1=O. The lowest BCUT2D eigenvalue weighted by Crippen LogP contribution is -2.38. The number of hydrogen-bond acceptors (Lipinski definition) is 7. The molecular formula is C24H27NO7. The highest BCUT2D eigenvalue weighted by molar-refractivity contribution is 6.16. The summed E-state index contributed by atoms with van der Waals surface area (Å²) in [6.07, 6.45) is 2.49. The van der Waals surface area contributed by atoms with Crippen LogP contribution in [0.2, 0.25) is 0 Å². The molecule has 2 N–H and O–H groups in total. The normalized spacial score (nSPS) is 27.6. The number of aliphatic hydroxyl groups excluding tert-OH is 1. The van der Waals surface area contributed by atoms with Crippen LogP contribution in [0.1, 0.15) is 31.7 Å². The summed E-state index contributed by atoms with van der Waals surface area (Å²) < 4.78 is 10.7. The number of imide groups is 3. The molecule has 0 saturated carbocycles. The van der Waals surface area contributed by atoms with Crippen LogP contribution >= 0.6 is 0 Å². The summed E-state index contributed by atoms with van der Waals surface area (Å²) in [4.78, 5) is 38.2. The van der Waals surface area contributed by atoms with E-state index in [1.807, 2.05) is 25.1 Å². The molecule has 0 bridgehead atoms. The predicted molar refractivity (Wildman–Crippen MR) is 114 cm³/mol. The highest BCUT2D eigenvalue weighted by Crippen LogP contribution is 2.49. The van der Waals surface area contributed by atoms with Crippen molar-refractivity contribution < 1.29 is 34.1 Å². The van der Waals surface area contributed by atoms with E-state index in [2.05, 4.69) is 4.74 Å². The van der Waals surface area contributed by atoms with Crippen LogP contribution in [-0.4, -0.2) is 59.4 Å². The van der Waals surface area contributed by atoms with Gasteiger partial charge in [0.25, 0.3) is 0 Å². The van der Waals surface area contributed by atoms with E-state index in [1.54, 1.807) is 12.1 Å². The van der Waals surface area contributed by atoms with E-state index >= 15 is 0 Å². The van der Waals surface area contributed by atoms with Crippen LogP contribution in [0.15, 0.2) is 41.0 Å². The molecule has 2 saturated heterocycles. The van der Waals surface area contributed by atoms with E-state index in [1.165, 1.54) is 0 Å². The standard InChI is InChI=1S/C24H27NO7/c1-13(9-14-4-6-16(27)7-5-14)3-8-19-20-15(11-26)10-17-21(18(20)12-32-19)23(29)25(22(17)28)24(30)31-2/h4-7,9,17-19,21,26-27H,3,8,10-12H2,1-2H3/b13-9+/t17-,18+,19-,21-/m1/s1. The van der Waals surface area contributed by atoms with Gasteiger partial charge in [-0.25, -0.2) is 4.79 Å². The number of amides is 3. The Hall–Kier alpha value is -2.97. The molecule has 8 nitrogen and oxygen atoms in total. The molecule has 4 rings (SSSR count). The Balaban J connectivity index is 1.51. The topological polar surface area (TPSA) is 113 Å². The van der Waals surface area contributed by atoms with Crippen molar-refractivity contribution in [3.63, 3.8) is 0 Å². The number of phenolic OH excluding ortho intramolecular Hbond substituents is 1. The lowest BCUT2D eigenvalue weighted by atomic mass is 9.69. The van der Waals surface area contributed by atoms with Crippen LogP contribution in [0.5, 0.6) is 5.75 Å². The van der Waals surface area contributed by atoms with Gasteiger partial charge in [-0.1, -0.05) is 23.8 Å². The number of aliphatic hydroxyl groups is 1. The fourth-order valence-corrected chi connectivity index (χ4v) is 5.18. The van der Waals surface area contributed by atoms with E-state index in [-0.39, 0.29) is 37.4 Å². The zero-order valence-electron chi connectivity index (χ0n) is 18.1. The quantitative estimate of drug-likeness (QED) is 0.533. The highest BCUT2D eigenvalue weighted by Gasteiger charge is 2.58. The number of fused-ring (bicyclic) bond motifs is 3. The maximum atomic E-state index is 12.9. The van der Waals surface area contributed by atoms with E-state index in [4.69, 9.17) is 4.74 Å². The number of benzene rings is 1. The van der Waals surface area contributed by atoms with Gasteiger partial charge in [-0.05, 0) is 55.0 Å². The third kappa shape index (κ3) is 3.84. The van der Waals surface area contributed by atoms with Crippen LogP contribution in [0.4, 0.5) is 4.79 Å². The Morgan fingerprint density at radius 1 is 1.22 bits per heavy atom. The Morgan fingerprint density at radius 2 is 1.94 bits per heavy atom. The van der Waals surface area contributed by atoms with Crippen molar-refractivity contribution in [2.45, 2.75) is 32.3 Å². The molecule has 0 unspecified atom stereocenters. The maximum absolute atomic E-state index is 12.9. The first-order chi connectivity index (χ1) is 15.3. The number of hydrogen-bond donors (Lipinski definition) is 2. The number of aromatic hydroxyl groups is 1. The Kier molecular flexibility index (Phi) is 6.17. The Labute approximate surface area is 186 Å². The molecule has 1 aromatic carbocycles. The van der Waals surface area contributed by atoms with Crippen LogP contribution in [0.3, 0.4) is 0 Å². The number of nitrogens with zero attached hydrogens (tertiary/aromatic N) is 1. The molecule has 1 aliphatic carbocycles. The lowest BCUT2D eigenvalue weighted by molar-refractivity contribution is -0.137. The number of rotatable bonds is 5. The van der Waals surface area contributed by atoms with Gasteiger partial charge < -0.3 is 19.7 Å². The summed E-state index contributed by atoms with van der Waals surface area (Å²) in [5.74, 6) is -2.54. The first kappa shape index (κ1) is 22.2. The molecule has 3 aliphatic rings. The van der Waals surface area contributed by atoms with Crippen molar-refractivity contribution in [1.29, 1.82) is 0 Å². The molecule has 170 valence electrons. The lowest BCUT2D eigenvalue weighted by Gasteiger charge is -2.31. The minimum absolute atomic E-state index is 0.211. The Bertz CT molecular complexity index is 994. The minimum Gasteiger partial charge on any atom is -0.508 e. The van der Waals surface area contributed by atoms with Crippen LogP contribution < -0.4 is 0 Å². The minimum atomic E-state index is -0.966. The van der Waals surface area contributed by atoms with Crippen LogP contribution in [0.25, 0.3) is 6.08 Å². The summed E-state index contributed by atoms with van der Waals surface area (Å²) in [5.41, 5.74) is 3.75. The summed E-state index contributed by atoms with van der Waals surface area (Å²) >= 11 is 0. The second-order valence-electron chi connectivity index (χ2n) is 8.58. The number of ether oxygens (including phenoxy) is 2. The second kappa shape index (κ2) is 8.88. The second-order valence-corrected chi connectivity index (χ2v) is 8.58. The van der Waals surface area contributed by atoms with Crippen molar-refractivity contribution in [3.8, 4) is 5.75 Å². The smallest absolute Gasteiger partial charge is 0.423 e. The molecule has 4 atom stereocenters. The van der Waals surface area contributed by atoms with E-state index < -0.39 is 29.7 Å². The highest BCUT2D eigenvalue weighted by atomic mass is 16.5. The number of carbonyl (C=O) groups excluding carboxylic acids is 3. The van der Waals surface area contributed by atoms with Gasteiger partial charge >= 0.3 is 6.09 Å². The maximum Gasteiger partial charge on any atom is 0.423 e. The predicted octanol–water partition coefficient (Wildman–Crippen LogP) is 2.65. The average molecular weight is 441 g/mol. The van der Waals surface area contributed by atoms with Crippen molar-refractivity contribution in [2.75, 3.05) is 20.3 Å². The molecule has 8 heteroatoms. The van der Waals surface area contributed by atoms with Gasteiger partial charge in [-0.15, -0.1) is 0 Å². The van der Waals surface area contributed by atoms with Gasteiger partial charge in [0.05, 0.1) is 38.3 Å². The fraction of sp³-hybridized carbons (Fsp3) is 0.458. The third-order valence-corrected chi connectivity index (χ3v) is 6.66. The van der Waals surface area contributed by atoms with Crippen LogP contribution in [-0.2, 0) is 19.1 Å². The van der Waals surface area contributed by atoms with Gasteiger partial charge in [-0.2, -0.15) is 4.90 Å². The average Bonchev–Trinajstić information content (AvgIpc) is 3.31. The first-order valence-electron chi connectivity index (χ1n) is 10.7. The van der Waals surface area contributed by atoms with Crippen molar-refractivity contribution >= 4 is 24.0 Å². The van der Waals surface area contributed by atoms with E-state index in [9.17, 15) is 24.6 Å². The molecule has 2 aliphatic heterocycles. The van der Waals surface area contributed by atoms with Gasteiger partial charge in [0, 0.05) is 5.92 Å². The first-order valence-corrected chi connectivity index (χ1v) is 10.7. The van der Waals surface area contributed by atoms with Crippen LogP contribution in [0, 0.1) is 17.8 Å². The molecule has 2 heterocycles. The zero-order valence-corrected chi connectivity index (χ0v) is 18.1. The summed E-state index contributed by atoms with van der Waals surface area (Å²) in [6, 6.07) is 6.95. The molecule has 0 aromatic heterocycles. The molecule has 1 aromatic rings. The monoisotopic (exact) mass is 441 g/mol. The zero-order chi connectivity index (χ0) is 23.0. The molecular weight excluding hydrogens is 414 g/mol. The number of allylic oxidation sites excluding steroid dienone is 1. The fourth-order valence-electron chi connectivity index (χ4n) is 5.18. The van der Waals surface area contributed by atoms with Crippen molar-refractivity contribution in [2.24, 2.45) is 17.8 Å². The number of likely N-dealkylation sites (tertiary alicyclic amines) is 1. The van der Waals surface area contributed by atoms with Crippen molar-refractivity contribution in [3.05, 3.63) is 46.5 Å². The van der Waals surface area contributed by atoms with Gasteiger partial charge in [0.15, 0.2) is 0 Å². The third-order valence-electron chi connectivity index (χ3n) is 6.66. The number of phenols is 1. The van der Waals surface area contributed by atoms with Gasteiger partial charge in [0.2, 0.25) is 11.8 Å². The molecule has 2 fully saturated rings. The molecule has 3 amide bonds. The molecule has 0 spiro atoms. The van der Waals surface area contributed by atoms with E-state index in [0.29, 0.717) is 11.3 Å².